The lowest BCUT2D eigenvalue weighted by molar-refractivity contribution is 0.0693. The molecule has 3 aromatic rings. The van der Waals surface area contributed by atoms with Gasteiger partial charge in [-0.15, -0.1) is 0 Å². The van der Waals surface area contributed by atoms with Crippen molar-refractivity contribution in [1.82, 2.24) is 5.32 Å². The molecule has 0 heterocycles. The van der Waals surface area contributed by atoms with Crippen LogP contribution in [0.25, 0.3) is 17.2 Å². The van der Waals surface area contributed by atoms with E-state index in [0.717, 1.165) is 0 Å². The fourth-order valence-electron chi connectivity index (χ4n) is 4.20. The largest absolute Gasteiger partial charge is 0.496 e. The van der Waals surface area contributed by atoms with Crippen LogP contribution in [0, 0.1) is 0 Å². The number of aromatic carboxylic acids is 1. The Balaban J connectivity index is 1.30. The van der Waals surface area contributed by atoms with Crippen LogP contribution in [0.1, 0.15) is 39.4 Å². The Bertz CT molecular complexity index is 1160. The third kappa shape index (κ3) is 4.75. The number of amides is 1. The first-order chi connectivity index (χ1) is 16.1. The normalized spacial score (nSPS) is 12.3. The van der Waals surface area contributed by atoms with Crippen LogP contribution >= 0.6 is 0 Å². The molecule has 6 nitrogen and oxygen atoms in total. The molecule has 3 aromatic carbocycles. The molecular weight excluding hydrogens is 418 g/mol. The van der Waals surface area contributed by atoms with Gasteiger partial charge in [-0.3, -0.25) is 0 Å². The minimum Gasteiger partial charge on any atom is -0.496 e. The van der Waals surface area contributed by atoms with Gasteiger partial charge in [-0.1, -0.05) is 72.8 Å². The van der Waals surface area contributed by atoms with Crippen molar-refractivity contribution in [2.75, 3.05) is 20.3 Å². The fourth-order valence-corrected chi connectivity index (χ4v) is 4.20. The summed E-state index contributed by atoms with van der Waals surface area (Å²) in [5, 5.41) is 12.2. The van der Waals surface area contributed by atoms with Crippen LogP contribution in [0.3, 0.4) is 0 Å². The van der Waals surface area contributed by atoms with Crippen molar-refractivity contribution in [1.29, 1.82) is 0 Å². The summed E-state index contributed by atoms with van der Waals surface area (Å²) in [6.45, 7) is 0.640. The number of alkyl carbamates (subject to hydrolysis) is 1. The number of carbonyl (C=O) groups is 2. The van der Waals surface area contributed by atoms with Crippen molar-refractivity contribution < 1.29 is 24.2 Å². The number of methoxy groups -OCH3 is 1. The number of rotatable bonds is 8. The molecule has 0 atom stereocenters. The van der Waals surface area contributed by atoms with Crippen LogP contribution in [0.4, 0.5) is 4.79 Å². The third-order valence-electron chi connectivity index (χ3n) is 5.71. The average Bonchev–Trinajstić information content (AvgIpc) is 3.16. The SMILES string of the molecule is COc1cccc(C=CCCNC(=O)OCC2c3ccccc3-c3ccccc32)c1C(=O)O. The van der Waals surface area contributed by atoms with E-state index in [1.54, 1.807) is 24.3 Å². The van der Waals surface area contributed by atoms with E-state index in [1.807, 2.05) is 30.3 Å². The predicted molar refractivity (Wildman–Crippen MR) is 127 cm³/mol. The second-order valence-electron chi connectivity index (χ2n) is 7.67. The molecule has 1 aliphatic rings. The summed E-state index contributed by atoms with van der Waals surface area (Å²) in [4.78, 5) is 23.8. The van der Waals surface area contributed by atoms with Crippen LogP contribution in [0.15, 0.2) is 72.8 Å². The van der Waals surface area contributed by atoms with E-state index in [0.29, 0.717) is 24.3 Å². The summed E-state index contributed by atoms with van der Waals surface area (Å²) in [7, 11) is 1.44. The Kier molecular flexibility index (Phi) is 6.74. The van der Waals surface area contributed by atoms with Crippen molar-refractivity contribution in [3.8, 4) is 16.9 Å². The Hall–Kier alpha value is -4.06. The average molecular weight is 443 g/mol. The van der Waals surface area contributed by atoms with Gasteiger partial charge in [0.15, 0.2) is 0 Å². The van der Waals surface area contributed by atoms with Gasteiger partial charge >= 0.3 is 12.1 Å². The standard InChI is InChI=1S/C27H25NO5/c1-32-24-15-8-10-18(25(24)26(29)30)9-6-7-16-28-27(31)33-17-23-21-13-4-2-11-19(21)20-12-3-5-14-22(20)23/h2-6,8-15,23H,7,16-17H2,1H3,(H,28,31)(H,29,30). The van der Waals surface area contributed by atoms with Crippen molar-refractivity contribution in [3.05, 3.63) is 95.1 Å². The maximum absolute atomic E-state index is 12.2. The van der Waals surface area contributed by atoms with Crippen LogP contribution in [-0.2, 0) is 4.74 Å². The Morgan fingerprint density at radius 3 is 2.27 bits per heavy atom. The molecule has 0 fully saturated rings. The first-order valence-electron chi connectivity index (χ1n) is 10.8. The lowest BCUT2D eigenvalue weighted by Gasteiger charge is -2.14. The van der Waals surface area contributed by atoms with E-state index >= 15 is 0 Å². The molecule has 168 valence electrons. The van der Waals surface area contributed by atoms with Gasteiger partial charge in [-0.25, -0.2) is 9.59 Å². The Morgan fingerprint density at radius 1 is 0.970 bits per heavy atom. The number of hydrogen-bond acceptors (Lipinski definition) is 4. The van der Waals surface area contributed by atoms with Gasteiger partial charge in [-0.05, 0) is 40.3 Å². The molecule has 4 rings (SSSR count). The van der Waals surface area contributed by atoms with E-state index in [4.69, 9.17) is 9.47 Å². The lowest BCUT2D eigenvalue weighted by Crippen LogP contribution is -2.26. The molecule has 1 aliphatic carbocycles. The number of carbonyl (C=O) groups excluding carboxylic acids is 1. The van der Waals surface area contributed by atoms with E-state index in [1.165, 1.54) is 29.4 Å². The monoisotopic (exact) mass is 443 g/mol. The molecule has 0 spiro atoms. The smallest absolute Gasteiger partial charge is 0.407 e. The fraction of sp³-hybridized carbons (Fsp3) is 0.185. The zero-order chi connectivity index (χ0) is 23.2. The molecule has 0 unspecified atom stereocenters. The van der Waals surface area contributed by atoms with E-state index in [2.05, 4.69) is 29.6 Å². The number of carboxylic acids is 1. The van der Waals surface area contributed by atoms with Crippen molar-refractivity contribution in [2.24, 2.45) is 0 Å². The van der Waals surface area contributed by atoms with Gasteiger partial charge in [0.2, 0.25) is 0 Å². The summed E-state index contributed by atoms with van der Waals surface area (Å²) in [6.07, 6.45) is 3.58. The first-order valence-corrected chi connectivity index (χ1v) is 10.8. The molecule has 0 aliphatic heterocycles. The van der Waals surface area contributed by atoms with Crippen LogP contribution in [-0.4, -0.2) is 37.4 Å². The molecule has 33 heavy (non-hydrogen) atoms. The molecule has 0 aromatic heterocycles. The zero-order valence-electron chi connectivity index (χ0n) is 18.3. The molecule has 0 saturated heterocycles. The van der Waals surface area contributed by atoms with Gasteiger partial charge in [0.1, 0.15) is 17.9 Å². The highest BCUT2D eigenvalue weighted by Crippen LogP contribution is 2.44. The second kappa shape index (κ2) is 10.0. The summed E-state index contributed by atoms with van der Waals surface area (Å²) in [5.41, 5.74) is 5.36. The predicted octanol–water partition coefficient (Wildman–Crippen LogP) is 5.34. The van der Waals surface area contributed by atoms with Gasteiger partial charge < -0.3 is 19.9 Å². The van der Waals surface area contributed by atoms with Gasteiger partial charge in [0, 0.05) is 12.5 Å². The highest BCUT2D eigenvalue weighted by Gasteiger charge is 2.28. The van der Waals surface area contributed by atoms with Gasteiger partial charge in [0.25, 0.3) is 0 Å². The van der Waals surface area contributed by atoms with E-state index in [9.17, 15) is 14.7 Å². The second-order valence-corrected chi connectivity index (χ2v) is 7.67. The molecule has 0 saturated carbocycles. The van der Waals surface area contributed by atoms with Crippen molar-refractivity contribution in [2.45, 2.75) is 12.3 Å². The topological polar surface area (TPSA) is 84.9 Å². The number of carboxylic acid groups (broad SMARTS) is 1. The Labute approximate surface area is 192 Å². The van der Waals surface area contributed by atoms with E-state index in [-0.39, 0.29) is 18.1 Å². The van der Waals surface area contributed by atoms with Crippen molar-refractivity contribution >= 4 is 18.1 Å². The number of fused-ring (bicyclic) bond motifs is 3. The number of hydrogen-bond donors (Lipinski definition) is 2. The highest BCUT2D eigenvalue weighted by atomic mass is 16.5. The van der Waals surface area contributed by atoms with E-state index < -0.39 is 12.1 Å². The third-order valence-corrected chi connectivity index (χ3v) is 5.71. The van der Waals surface area contributed by atoms with Gasteiger partial charge in [-0.2, -0.15) is 0 Å². The summed E-state index contributed by atoms with van der Waals surface area (Å²) >= 11 is 0. The quantitative estimate of drug-likeness (QED) is 0.460. The molecule has 0 radical (unpaired) electrons. The van der Waals surface area contributed by atoms with Crippen LogP contribution in [0.5, 0.6) is 5.75 Å². The molecular formula is C27H25NO5. The number of ether oxygens (including phenoxy) is 2. The lowest BCUT2D eigenvalue weighted by atomic mass is 9.98. The maximum atomic E-state index is 12.2. The Morgan fingerprint density at radius 2 is 1.64 bits per heavy atom. The molecule has 1 amide bonds. The molecule has 2 N–H and O–H groups in total. The van der Waals surface area contributed by atoms with Gasteiger partial charge in [0.05, 0.1) is 7.11 Å². The molecule has 6 heteroatoms. The highest BCUT2D eigenvalue weighted by molar-refractivity contribution is 5.95. The summed E-state index contributed by atoms with van der Waals surface area (Å²) in [6, 6.07) is 21.4. The van der Waals surface area contributed by atoms with Crippen LogP contribution < -0.4 is 10.1 Å². The van der Waals surface area contributed by atoms with Crippen molar-refractivity contribution in [3.63, 3.8) is 0 Å². The first kappa shape index (κ1) is 22.1. The minimum atomic E-state index is -1.05. The zero-order valence-corrected chi connectivity index (χ0v) is 18.3. The van der Waals surface area contributed by atoms with Crippen LogP contribution in [0.2, 0.25) is 0 Å². The number of benzene rings is 3. The maximum Gasteiger partial charge on any atom is 0.407 e. The number of nitrogens with one attached hydrogen (secondary N) is 1. The molecule has 0 bridgehead atoms. The summed E-state index contributed by atoms with van der Waals surface area (Å²) < 4.78 is 10.6. The summed E-state index contributed by atoms with van der Waals surface area (Å²) in [5.74, 6) is -0.726. The minimum absolute atomic E-state index is 0.0190.